The number of hydrogen-bond acceptors (Lipinski definition) is 0. The number of rotatable bonds is 1. The van der Waals surface area contributed by atoms with Gasteiger partial charge in [0.2, 0.25) is 0 Å². The van der Waals surface area contributed by atoms with Gasteiger partial charge in [-0.15, -0.1) is 0 Å². The summed E-state index contributed by atoms with van der Waals surface area (Å²) in [5.41, 5.74) is 0.615. The van der Waals surface area contributed by atoms with Crippen molar-refractivity contribution in [1.29, 1.82) is 0 Å². The minimum Gasteiger partial charge on any atom is -0.0617 e. The summed E-state index contributed by atoms with van der Waals surface area (Å²) in [6.45, 7) is 13.5. The molecule has 14 heavy (non-hydrogen) atoms. The van der Waals surface area contributed by atoms with Crippen LogP contribution in [0, 0.1) is 22.6 Å². The van der Waals surface area contributed by atoms with Gasteiger partial charge in [-0.05, 0) is 48.3 Å². The fourth-order valence-electron chi connectivity index (χ4n) is 2.44. The molecule has 0 spiro atoms. The van der Waals surface area contributed by atoms with Crippen LogP contribution >= 0.6 is 0 Å². The van der Waals surface area contributed by atoms with E-state index in [4.69, 9.17) is 1.37 Å². The van der Waals surface area contributed by atoms with Gasteiger partial charge in [0.15, 0.2) is 0 Å². The molecule has 0 aromatic rings. The highest BCUT2D eigenvalue weighted by Crippen LogP contribution is 2.44. The van der Waals surface area contributed by atoms with E-state index in [-0.39, 0.29) is 11.3 Å². The Bertz CT molecular complexity index is 210. The predicted molar refractivity (Wildman–Crippen MR) is 64.4 cm³/mol. The van der Waals surface area contributed by atoms with Crippen LogP contribution < -0.4 is 0 Å². The zero-order valence-electron chi connectivity index (χ0n) is 11.9. The molecule has 84 valence electrons. The zero-order valence-corrected chi connectivity index (χ0v) is 10.9. The molecule has 0 bridgehead atoms. The summed E-state index contributed by atoms with van der Waals surface area (Å²) in [4.78, 5) is 0. The Morgan fingerprint density at radius 3 is 2.00 bits per heavy atom. The fourth-order valence-corrected chi connectivity index (χ4v) is 2.44. The highest BCUT2D eigenvalue weighted by Gasteiger charge is 2.33. The van der Waals surface area contributed by atoms with Crippen LogP contribution in [0.5, 0.6) is 0 Å². The molecule has 0 aromatic carbocycles. The van der Waals surface area contributed by atoms with Crippen molar-refractivity contribution in [3.05, 3.63) is 0 Å². The van der Waals surface area contributed by atoms with Crippen LogP contribution in [0.2, 0.25) is 0 Å². The van der Waals surface area contributed by atoms with Gasteiger partial charge < -0.3 is 0 Å². The van der Waals surface area contributed by atoms with Crippen molar-refractivity contribution in [2.75, 3.05) is 0 Å². The molecular formula is C14H28. The second kappa shape index (κ2) is 3.87. The molecule has 1 aliphatic rings. The molecule has 0 saturated heterocycles. The van der Waals surface area contributed by atoms with Crippen molar-refractivity contribution in [3.8, 4) is 0 Å². The van der Waals surface area contributed by atoms with Crippen molar-refractivity contribution in [1.82, 2.24) is 0 Å². The third-order valence-corrected chi connectivity index (χ3v) is 4.13. The van der Waals surface area contributed by atoms with E-state index < -0.39 is 0 Å². The van der Waals surface area contributed by atoms with E-state index in [1.165, 1.54) is 25.7 Å². The lowest BCUT2D eigenvalue weighted by Gasteiger charge is -2.41. The van der Waals surface area contributed by atoms with Gasteiger partial charge in [0.25, 0.3) is 0 Å². The maximum atomic E-state index is 8.60. The van der Waals surface area contributed by atoms with Crippen LogP contribution in [0.1, 0.15) is 68.6 Å². The molecule has 1 fully saturated rings. The molecule has 0 heterocycles. The van der Waals surface area contributed by atoms with Gasteiger partial charge in [0.1, 0.15) is 0 Å². The van der Waals surface area contributed by atoms with E-state index >= 15 is 0 Å². The lowest BCUT2D eigenvalue weighted by Crippen LogP contribution is -2.31. The van der Waals surface area contributed by atoms with Crippen LogP contribution in [-0.2, 0) is 0 Å². The molecule has 1 aliphatic carbocycles. The molecule has 0 heteroatoms. The van der Waals surface area contributed by atoms with Crippen molar-refractivity contribution in [3.63, 3.8) is 0 Å². The van der Waals surface area contributed by atoms with Gasteiger partial charge >= 0.3 is 0 Å². The summed E-state index contributed by atoms with van der Waals surface area (Å²) in [6, 6.07) is 0. The van der Waals surface area contributed by atoms with Crippen molar-refractivity contribution in [2.45, 2.75) is 67.2 Å². The minimum absolute atomic E-state index is 0.0964. The summed E-state index contributed by atoms with van der Waals surface area (Å²) >= 11 is 0. The van der Waals surface area contributed by atoms with Crippen LogP contribution in [0.4, 0.5) is 0 Å². The Balaban J connectivity index is 2.68. The van der Waals surface area contributed by atoms with Crippen LogP contribution in [0.3, 0.4) is 0 Å². The van der Waals surface area contributed by atoms with E-state index in [1.54, 1.807) is 0 Å². The third-order valence-electron chi connectivity index (χ3n) is 4.13. The Labute approximate surface area is 91.9 Å². The molecule has 0 amide bonds. The molecule has 1 atom stereocenters. The molecule has 0 aromatic heterocycles. The van der Waals surface area contributed by atoms with Gasteiger partial charge in [-0.2, -0.15) is 0 Å². The summed E-state index contributed by atoms with van der Waals surface area (Å²) in [5, 5.41) is 0. The maximum absolute atomic E-state index is 8.60. The zero-order chi connectivity index (χ0) is 11.9. The molecular weight excluding hydrogens is 168 g/mol. The molecule has 1 unspecified atom stereocenters. The Kier molecular flexibility index (Phi) is 2.91. The highest BCUT2D eigenvalue weighted by atomic mass is 14.4. The van der Waals surface area contributed by atoms with Gasteiger partial charge in [-0.25, -0.2) is 0 Å². The van der Waals surface area contributed by atoms with Crippen LogP contribution in [0.15, 0.2) is 0 Å². The monoisotopic (exact) mass is 197 g/mol. The summed E-state index contributed by atoms with van der Waals surface area (Å²) in [5.74, 6) is 0.314. The van der Waals surface area contributed by atoms with E-state index in [0.717, 1.165) is 0 Å². The Morgan fingerprint density at radius 2 is 1.64 bits per heavy atom. The van der Waals surface area contributed by atoms with Gasteiger partial charge in [0.05, 0.1) is 0 Å². The second-order valence-electron chi connectivity index (χ2n) is 6.87. The maximum Gasteiger partial charge on any atom is 0.0308 e. The first kappa shape index (κ1) is 10.5. The van der Waals surface area contributed by atoms with Gasteiger partial charge in [-0.3, -0.25) is 0 Å². The largest absolute Gasteiger partial charge is 0.0617 e. The minimum atomic E-state index is -0.274. The second-order valence-corrected chi connectivity index (χ2v) is 6.87. The first-order valence-electron chi connectivity index (χ1n) is 6.56. The van der Waals surface area contributed by atoms with Gasteiger partial charge in [0, 0.05) is 1.37 Å². The van der Waals surface area contributed by atoms with Crippen molar-refractivity contribution < 1.29 is 1.37 Å². The van der Waals surface area contributed by atoms with Crippen LogP contribution in [0.25, 0.3) is 0 Å². The lowest BCUT2D eigenvalue weighted by atomic mass is 9.64. The van der Waals surface area contributed by atoms with Crippen molar-refractivity contribution >= 4 is 0 Å². The third kappa shape index (κ3) is 3.00. The summed E-state index contributed by atoms with van der Waals surface area (Å²) < 4.78 is 8.60. The summed E-state index contributed by atoms with van der Waals surface area (Å²) in [7, 11) is 0. The SMILES string of the molecule is [2H]C(C)(C1CCC(C)(C)CC1)C(C)(C)C. The van der Waals surface area contributed by atoms with Crippen LogP contribution in [-0.4, -0.2) is 0 Å². The quantitative estimate of drug-likeness (QED) is 0.561. The first-order valence-corrected chi connectivity index (χ1v) is 6.06. The molecule has 0 N–H and O–H groups in total. The fraction of sp³-hybridized carbons (Fsp3) is 1.00. The molecule has 0 nitrogen and oxygen atoms in total. The van der Waals surface area contributed by atoms with E-state index in [1.807, 2.05) is 0 Å². The predicted octanol–water partition coefficient (Wildman–Crippen LogP) is 4.89. The Hall–Kier alpha value is 0. The topological polar surface area (TPSA) is 0 Å². The lowest BCUT2D eigenvalue weighted by molar-refractivity contribution is 0.0958. The first-order chi connectivity index (χ1) is 6.56. The molecule has 1 rings (SSSR count). The van der Waals surface area contributed by atoms with E-state index in [0.29, 0.717) is 11.3 Å². The van der Waals surface area contributed by atoms with Crippen molar-refractivity contribution in [2.24, 2.45) is 22.6 Å². The average Bonchev–Trinajstić information content (AvgIpc) is 2.01. The molecule has 1 saturated carbocycles. The average molecular weight is 197 g/mol. The highest BCUT2D eigenvalue weighted by molar-refractivity contribution is 4.84. The molecule has 0 radical (unpaired) electrons. The Morgan fingerprint density at radius 1 is 1.21 bits per heavy atom. The standard InChI is InChI=1S/C14H28/c1-11(13(2,3)4)12-7-9-14(5,6)10-8-12/h11-12H,7-10H2,1-6H3/i11D. The summed E-state index contributed by atoms with van der Waals surface area (Å²) in [6.07, 6.45) is 5.07. The normalized spacial score (nSPS) is 29.4. The van der Waals surface area contributed by atoms with Gasteiger partial charge in [-0.1, -0.05) is 41.5 Å². The number of hydrogen-bond donors (Lipinski definition) is 0. The van der Waals surface area contributed by atoms with E-state index in [2.05, 4.69) is 41.5 Å². The molecule has 0 aliphatic heterocycles. The van der Waals surface area contributed by atoms with E-state index in [9.17, 15) is 0 Å². The smallest absolute Gasteiger partial charge is 0.0308 e.